The van der Waals surface area contributed by atoms with Crippen molar-refractivity contribution in [2.24, 2.45) is 0 Å². The van der Waals surface area contributed by atoms with Crippen molar-refractivity contribution in [3.8, 4) is 11.5 Å². The molecule has 1 aliphatic rings. The summed E-state index contributed by atoms with van der Waals surface area (Å²) in [5.41, 5.74) is 2.57. The summed E-state index contributed by atoms with van der Waals surface area (Å²) >= 11 is 0. The van der Waals surface area contributed by atoms with Gasteiger partial charge < -0.3 is 10.2 Å². The lowest BCUT2D eigenvalue weighted by Gasteiger charge is -2.16. The summed E-state index contributed by atoms with van der Waals surface area (Å²) in [4.78, 5) is 0. The summed E-state index contributed by atoms with van der Waals surface area (Å²) in [6.07, 6.45) is 2.26. The van der Waals surface area contributed by atoms with E-state index in [0.717, 1.165) is 12.8 Å². The van der Waals surface area contributed by atoms with E-state index in [-0.39, 0.29) is 5.41 Å². The van der Waals surface area contributed by atoms with E-state index in [1.54, 1.807) is 24.3 Å². The van der Waals surface area contributed by atoms with Gasteiger partial charge in [0.05, 0.1) is 0 Å². The van der Waals surface area contributed by atoms with Gasteiger partial charge >= 0.3 is 0 Å². The smallest absolute Gasteiger partial charge is 0.115 e. The average Bonchev–Trinajstić information content (AvgIpc) is 3.12. The van der Waals surface area contributed by atoms with E-state index in [9.17, 15) is 10.2 Å². The van der Waals surface area contributed by atoms with Gasteiger partial charge in [0.2, 0.25) is 0 Å². The number of phenolic OH excluding ortho intramolecular Hbond substituents is 2. The molecule has 0 amide bonds. The topological polar surface area (TPSA) is 40.5 Å². The van der Waals surface area contributed by atoms with Gasteiger partial charge in [0, 0.05) is 5.41 Å². The minimum absolute atomic E-state index is 0.0986. The second kappa shape index (κ2) is 3.52. The molecule has 86 valence electrons. The molecule has 3 rings (SSSR count). The molecule has 0 radical (unpaired) electrons. The molecule has 0 spiro atoms. The normalized spacial score (nSPS) is 16.7. The second-order valence-electron chi connectivity index (χ2n) is 4.68. The van der Waals surface area contributed by atoms with Crippen molar-refractivity contribution in [2.45, 2.75) is 18.3 Å². The first kappa shape index (κ1) is 10.2. The van der Waals surface area contributed by atoms with E-state index in [1.807, 2.05) is 24.3 Å². The molecule has 2 aromatic carbocycles. The van der Waals surface area contributed by atoms with E-state index < -0.39 is 0 Å². The molecule has 0 heterocycles. The molecule has 0 aliphatic heterocycles. The summed E-state index contributed by atoms with van der Waals surface area (Å²) in [7, 11) is 0. The quantitative estimate of drug-likeness (QED) is 0.825. The first-order valence-electron chi connectivity index (χ1n) is 5.80. The molecule has 0 aromatic heterocycles. The average molecular weight is 226 g/mol. The van der Waals surface area contributed by atoms with Crippen LogP contribution >= 0.6 is 0 Å². The highest BCUT2D eigenvalue weighted by molar-refractivity contribution is 5.47. The second-order valence-corrected chi connectivity index (χ2v) is 4.68. The van der Waals surface area contributed by atoms with Crippen molar-refractivity contribution in [2.75, 3.05) is 0 Å². The zero-order valence-corrected chi connectivity index (χ0v) is 9.43. The van der Waals surface area contributed by atoms with Crippen LogP contribution in [0.25, 0.3) is 0 Å². The first-order chi connectivity index (χ1) is 8.21. The number of benzene rings is 2. The molecule has 2 nitrogen and oxygen atoms in total. The molecule has 0 unspecified atom stereocenters. The Hall–Kier alpha value is -1.96. The Labute approximate surface area is 100 Å². The zero-order valence-electron chi connectivity index (χ0n) is 9.43. The summed E-state index contributed by atoms with van der Waals surface area (Å²) in [6.45, 7) is 0. The monoisotopic (exact) mass is 226 g/mol. The van der Waals surface area contributed by atoms with Crippen molar-refractivity contribution >= 4 is 0 Å². The fraction of sp³-hybridized carbons (Fsp3) is 0.200. The summed E-state index contributed by atoms with van der Waals surface area (Å²) in [5, 5.41) is 18.6. The first-order valence-corrected chi connectivity index (χ1v) is 5.80. The van der Waals surface area contributed by atoms with Gasteiger partial charge in [-0.1, -0.05) is 24.3 Å². The maximum absolute atomic E-state index is 9.32. The molecule has 2 aromatic rings. The Morgan fingerprint density at radius 2 is 1.00 bits per heavy atom. The van der Waals surface area contributed by atoms with E-state index in [2.05, 4.69) is 0 Å². The molecule has 2 N–H and O–H groups in total. The molecule has 1 saturated carbocycles. The van der Waals surface area contributed by atoms with Gasteiger partial charge in [-0.2, -0.15) is 0 Å². The van der Waals surface area contributed by atoms with Crippen LogP contribution in [0.2, 0.25) is 0 Å². The molecule has 1 aliphatic carbocycles. The standard InChI is InChI=1S/C15H14O2/c16-13-5-1-11(2-6-13)15(9-10-15)12-3-7-14(17)8-4-12/h1-8,16-17H,9-10H2. The van der Waals surface area contributed by atoms with Crippen LogP contribution in [0.1, 0.15) is 24.0 Å². The van der Waals surface area contributed by atoms with E-state index in [1.165, 1.54) is 11.1 Å². The highest BCUT2D eigenvalue weighted by Gasteiger charge is 2.45. The summed E-state index contributed by atoms with van der Waals surface area (Å²) in [5.74, 6) is 0.602. The number of hydrogen-bond donors (Lipinski definition) is 2. The minimum Gasteiger partial charge on any atom is -0.508 e. The van der Waals surface area contributed by atoms with Crippen molar-refractivity contribution in [1.29, 1.82) is 0 Å². The van der Waals surface area contributed by atoms with Crippen LogP contribution in [0.4, 0.5) is 0 Å². The number of aromatic hydroxyl groups is 2. The van der Waals surface area contributed by atoms with Crippen LogP contribution in [-0.2, 0) is 5.41 Å². The predicted octanol–water partition coefficient (Wildman–Crippen LogP) is 3.18. The van der Waals surface area contributed by atoms with Crippen molar-refractivity contribution < 1.29 is 10.2 Å². The third-order valence-corrected chi connectivity index (χ3v) is 3.59. The Kier molecular flexibility index (Phi) is 2.11. The summed E-state index contributed by atoms with van der Waals surface area (Å²) in [6, 6.07) is 14.9. The van der Waals surface area contributed by atoms with Crippen LogP contribution in [0, 0.1) is 0 Å². The highest BCUT2D eigenvalue weighted by atomic mass is 16.3. The maximum Gasteiger partial charge on any atom is 0.115 e. The lowest BCUT2D eigenvalue weighted by atomic mass is 9.88. The third kappa shape index (κ3) is 1.66. The number of hydrogen-bond acceptors (Lipinski definition) is 2. The molecule has 0 atom stereocenters. The van der Waals surface area contributed by atoms with E-state index in [0.29, 0.717) is 11.5 Å². The van der Waals surface area contributed by atoms with E-state index in [4.69, 9.17) is 0 Å². The molecule has 1 fully saturated rings. The SMILES string of the molecule is Oc1ccc(C2(c3ccc(O)cc3)CC2)cc1. The van der Waals surface area contributed by atoms with Gasteiger partial charge in [0.25, 0.3) is 0 Å². The van der Waals surface area contributed by atoms with Gasteiger partial charge in [-0.3, -0.25) is 0 Å². The largest absolute Gasteiger partial charge is 0.508 e. The fourth-order valence-electron chi connectivity index (χ4n) is 2.43. The molecular formula is C15H14O2. The molecule has 0 saturated heterocycles. The fourth-order valence-corrected chi connectivity index (χ4v) is 2.43. The Bertz CT molecular complexity index is 474. The molecule has 2 heteroatoms. The van der Waals surface area contributed by atoms with Crippen molar-refractivity contribution in [3.63, 3.8) is 0 Å². The van der Waals surface area contributed by atoms with Crippen LogP contribution in [-0.4, -0.2) is 10.2 Å². The number of rotatable bonds is 2. The summed E-state index contributed by atoms with van der Waals surface area (Å²) < 4.78 is 0. The van der Waals surface area contributed by atoms with Crippen LogP contribution < -0.4 is 0 Å². The molecule has 17 heavy (non-hydrogen) atoms. The van der Waals surface area contributed by atoms with Crippen LogP contribution in [0.5, 0.6) is 11.5 Å². The highest BCUT2D eigenvalue weighted by Crippen LogP contribution is 2.53. The Morgan fingerprint density at radius 3 is 1.29 bits per heavy atom. The van der Waals surface area contributed by atoms with Crippen molar-refractivity contribution in [3.05, 3.63) is 59.7 Å². The van der Waals surface area contributed by atoms with E-state index >= 15 is 0 Å². The molecular weight excluding hydrogens is 212 g/mol. The molecule has 0 bridgehead atoms. The predicted molar refractivity (Wildman–Crippen MR) is 66.2 cm³/mol. The third-order valence-electron chi connectivity index (χ3n) is 3.59. The lowest BCUT2D eigenvalue weighted by Crippen LogP contribution is -2.07. The lowest BCUT2D eigenvalue weighted by molar-refractivity contribution is 0.475. The maximum atomic E-state index is 9.32. The van der Waals surface area contributed by atoms with Crippen LogP contribution in [0.3, 0.4) is 0 Å². The van der Waals surface area contributed by atoms with Gasteiger partial charge in [-0.15, -0.1) is 0 Å². The Morgan fingerprint density at radius 1 is 0.647 bits per heavy atom. The van der Waals surface area contributed by atoms with Gasteiger partial charge in [0.1, 0.15) is 11.5 Å². The van der Waals surface area contributed by atoms with Crippen LogP contribution in [0.15, 0.2) is 48.5 Å². The van der Waals surface area contributed by atoms with Gasteiger partial charge in [-0.25, -0.2) is 0 Å². The van der Waals surface area contributed by atoms with Crippen molar-refractivity contribution in [1.82, 2.24) is 0 Å². The van der Waals surface area contributed by atoms with Gasteiger partial charge in [-0.05, 0) is 48.2 Å². The Balaban J connectivity index is 2.01. The zero-order chi connectivity index (χ0) is 11.9. The van der Waals surface area contributed by atoms with Gasteiger partial charge in [0.15, 0.2) is 0 Å². The minimum atomic E-state index is 0.0986. The number of phenols is 2.